The molecule has 0 radical (unpaired) electrons. The van der Waals surface area contributed by atoms with Crippen LogP contribution in [-0.4, -0.2) is 4.57 Å². The highest BCUT2D eigenvalue weighted by atomic mass is 19.2. The topological polar surface area (TPSA) is 17.0 Å². The summed E-state index contributed by atoms with van der Waals surface area (Å²) in [6.07, 6.45) is 0. The summed E-state index contributed by atoms with van der Waals surface area (Å²) in [7, 11) is 0. The van der Waals surface area contributed by atoms with E-state index in [2.05, 4.69) is 36.7 Å². The number of rotatable bonds is 5. The van der Waals surface area contributed by atoms with Crippen LogP contribution in [0.25, 0.3) is 0 Å². The first-order valence-corrected chi connectivity index (χ1v) is 6.83. The van der Waals surface area contributed by atoms with E-state index in [1.54, 1.807) is 6.07 Å². The molecule has 20 heavy (non-hydrogen) atoms. The molecule has 0 saturated carbocycles. The lowest BCUT2D eigenvalue weighted by molar-refractivity contribution is 0.506. The summed E-state index contributed by atoms with van der Waals surface area (Å²) in [5.41, 5.74) is 4.48. The zero-order valence-corrected chi connectivity index (χ0v) is 12.1. The first-order valence-electron chi connectivity index (χ1n) is 6.83. The third-order valence-corrected chi connectivity index (χ3v) is 3.62. The maximum absolute atomic E-state index is 13.1. The third-order valence-electron chi connectivity index (χ3n) is 3.62. The Morgan fingerprint density at radius 3 is 2.40 bits per heavy atom. The van der Waals surface area contributed by atoms with Gasteiger partial charge in [-0.05, 0) is 50.1 Å². The highest BCUT2D eigenvalue weighted by Gasteiger charge is 2.07. The van der Waals surface area contributed by atoms with Crippen molar-refractivity contribution >= 4 is 0 Å². The highest BCUT2D eigenvalue weighted by Crippen LogP contribution is 2.15. The molecule has 0 aliphatic heterocycles. The van der Waals surface area contributed by atoms with Crippen molar-refractivity contribution in [1.29, 1.82) is 0 Å². The predicted molar refractivity (Wildman–Crippen MR) is 76.5 cm³/mol. The Hall–Kier alpha value is -1.68. The third kappa shape index (κ3) is 3.07. The standard InChI is InChI=1S/C16H20F2N2/c1-4-20-11(2)7-14(12(20)3)10-19-9-13-5-6-15(17)16(18)8-13/h5-8,19H,4,9-10H2,1-3H3. The van der Waals surface area contributed by atoms with Crippen LogP contribution in [0, 0.1) is 25.5 Å². The van der Waals surface area contributed by atoms with Gasteiger partial charge in [-0.1, -0.05) is 6.07 Å². The molecule has 2 nitrogen and oxygen atoms in total. The Bertz CT molecular complexity index is 603. The molecule has 4 heteroatoms. The van der Waals surface area contributed by atoms with Gasteiger partial charge < -0.3 is 9.88 Å². The van der Waals surface area contributed by atoms with Crippen LogP contribution >= 0.6 is 0 Å². The van der Waals surface area contributed by atoms with Crippen molar-refractivity contribution in [3.8, 4) is 0 Å². The van der Waals surface area contributed by atoms with Crippen molar-refractivity contribution in [2.24, 2.45) is 0 Å². The Labute approximate surface area is 118 Å². The molecule has 0 spiro atoms. The minimum atomic E-state index is -0.805. The molecule has 0 atom stereocenters. The summed E-state index contributed by atoms with van der Waals surface area (Å²) in [6, 6.07) is 6.16. The number of halogens is 2. The van der Waals surface area contributed by atoms with Gasteiger partial charge in [-0.25, -0.2) is 8.78 Å². The van der Waals surface area contributed by atoms with Crippen molar-refractivity contribution in [2.45, 2.75) is 40.4 Å². The zero-order valence-electron chi connectivity index (χ0n) is 12.1. The van der Waals surface area contributed by atoms with Gasteiger partial charge in [0.2, 0.25) is 0 Å². The lowest BCUT2D eigenvalue weighted by Gasteiger charge is -2.07. The zero-order chi connectivity index (χ0) is 14.7. The van der Waals surface area contributed by atoms with Gasteiger partial charge in [0, 0.05) is 31.0 Å². The fourth-order valence-electron chi connectivity index (χ4n) is 2.53. The highest BCUT2D eigenvalue weighted by molar-refractivity contribution is 5.26. The van der Waals surface area contributed by atoms with Crippen LogP contribution in [-0.2, 0) is 19.6 Å². The average molecular weight is 278 g/mol. The molecule has 2 rings (SSSR count). The van der Waals surface area contributed by atoms with Gasteiger partial charge in [-0.15, -0.1) is 0 Å². The van der Waals surface area contributed by atoms with Crippen molar-refractivity contribution in [3.63, 3.8) is 0 Å². The Balaban J connectivity index is 1.97. The van der Waals surface area contributed by atoms with Crippen molar-refractivity contribution in [2.75, 3.05) is 0 Å². The SMILES string of the molecule is CCn1c(C)cc(CNCc2ccc(F)c(F)c2)c1C. The Morgan fingerprint density at radius 2 is 1.80 bits per heavy atom. The van der Waals surface area contributed by atoms with E-state index >= 15 is 0 Å². The van der Waals surface area contributed by atoms with Crippen LogP contribution in [0.15, 0.2) is 24.3 Å². The Kier molecular flexibility index (Phi) is 4.55. The summed E-state index contributed by atoms with van der Waals surface area (Å²) in [6.45, 7) is 8.52. The molecule has 1 heterocycles. The van der Waals surface area contributed by atoms with Gasteiger partial charge in [0.25, 0.3) is 0 Å². The van der Waals surface area contributed by atoms with E-state index in [1.807, 2.05) is 0 Å². The molecule has 0 saturated heterocycles. The largest absolute Gasteiger partial charge is 0.349 e. The fraction of sp³-hybridized carbons (Fsp3) is 0.375. The van der Waals surface area contributed by atoms with Gasteiger partial charge in [0.15, 0.2) is 11.6 Å². The van der Waals surface area contributed by atoms with E-state index in [0.717, 1.165) is 24.7 Å². The van der Waals surface area contributed by atoms with E-state index in [4.69, 9.17) is 0 Å². The van der Waals surface area contributed by atoms with Gasteiger partial charge in [-0.2, -0.15) is 0 Å². The van der Waals surface area contributed by atoms with Gasteiger partial charge in [-0.3, -0.25) is 0 Å². The molecule has 108 valence electrons. The van der Waals surface area contributed by atoms with Crippen molar-refractivity contribution in [3.05, 3.63) is 58.4 Å². The van der Waals surface area contributed by atoms with Crippen LogP contribution in [0.2, 0.25) is 0 Å². The smallest absolute Gasteiger partial charge is 0.159 e. The summed E-state index contributed by atoms with van der Waals surface area (Å²) >= 11 is 0. The number of nitrogens with zero attached hydrogens (tertiary/aromatic N) is 1. The lowest BCUT2D eigenvalue weighted by Crippen LogP contribution is -2.13. The summed E-state index contributed by atoms with van der Waals surface area (Å²) in [5.74, 6) is -1.60. The quantitative estimate of drug-likeness (QED) is 0.882. The van der Waals surface area contributed by atoms with Crippen LogP contribution in [0.5, 0.6) is 0 Å². The van der Waals surface area contributed by atoms with Crippen LogP contribution < -0.4 is 5.32 Å². The molecular weight excluding hydrogens is 258 g/mol. The van der Waals surface area contributed by atoms with Crippen molar-refractivity contribution in [1.82, 2.24) is 9.88 Å². The number of hydrogen-bond acceptors (Lipinski definition) is 1. The predicted octanol–water partition coefficient (Wildman–Crippen LogP) is 3.69. The van der Waals surface area contributed by atoms with E-state index < -0.39 is 11.6 Å². The number of aromatic nitrogens is 1. The second-order valence-corrected chi connectivity index (χ2v) is 4.99. The minimum Gasteiger partial charge on any atom is -0.349 e. The monoisotopic (exact) mass is 278 g/mol. The number of benzene rings is 1. The molecule has 0 fully saturated rings. The molecule has 2 aromatic rings. The van der Waals surface area contributed by atoms with Gasteiger partial charge >= 0.3 is 0 Å². The van der Waals surface area contributed by atoms with Gasteiger partial charge in [0.05, 0.1) is 0 Å². The average Bonchev–Trinajstić information content (AvgIpc) is 2.68. The maximum Gasteiger partial charge on any atom is 0.159 e. The molecule has 0 amide bonds. The van der Waals surface area contributed by atoms with Crippen molar-refractivity contribution < 1.29 is 8.78 Å². The minimum absolute atomic E-state index is 0.521. The molecule has 0 aliphatic carbocycles. The molecule has 1 N–H and O–H groups in total. The molecule has 1 aromatic heterocycles. The van der Waals surface area contributed by atoms with Crippen LogP contribution in [0.4, 0.5) is 8.78 Å². The molecule has 0 aliphatic rings. The maximum atomic E-state index is 13.1. The van der Waals surface area contributed by atoms with Crippen LogP contribution in [0.1, 0.15) is 29.4 Å². The number of aryl methyl sites for hydroxylation is 1. The molecule has 0 unspecified atom stereocenters. The van der Waals surface area contributed by atoms with E-state index in [0.29, 0.717) is 6.54 Å². The normalized spacial score (nSPS) is 11.1. The summed E-state index contributed by atoms with van der Waals surface area (Å²) in [4.78, 5) is 0. The molecule has 0 bridgehead atoms. The van der Waals surface area contributed by atoms with Gasteiger partial charge in [0.1, 0.15) is 0 Å². The second kappa shape index (κ2) is 6.18. The second-order valence-electron chi connectivity index (χ2n) is 4.99. The Morgan fingerprint density at radius 1 is 1.05 bits per heavy atom. The lowest BCUT2D eigenvalue weighted by atomic mass is 10.2. The number of hydrogen-bond donors (Lipinski definition) is 1. The van der Waals surface area contributed by atoms with Crippen LogP contribution in [0.3, 0.4) is 0 Å². The van der Waals surface area contributed by atoms with E-state index in [-0.39, 0.29) is 0 Å². The fourth-order valence-corrected chi connectivity index (χ4v) is 2.53. The first kappa shape index (κ1) is 14.7. The first-order chi connectivity index (χ1) is 9.52. The van der Waals surface area contributed by atoms with E-state index in [9.17, 15) is 8.78 Å². The number of nitrogens with one attached hydrogen (secondary N) is 1. The summed E-state index contributed by atoms with van der Waals surface area (Å²) in [5, 5.41) is 3.27. The molecular formula is C16H20F2N2. The molecule has 1 aromatic carbocycles. The summed E-state index contributed by atoms with van der Waals surface area (Å²) < 4.78 is 28.2. The van der Waals surface area contributed by atoms with E-state index in [1.165, 1.54) is 23.0 Å².